The molecule has 7 heteroatoms. The van der Waals surface area contributed by atoms with E-state index in [9.17, 15) is 13.6 Å². The van der Waals surface area contributed by atoms with Crippen molar-refractivity contribution in [1.82, 2.24) is 10.3 Å². The normalized spacial score (nSPS) is 14.0. The quantitative estimate of drug-likeness (QED) is 0.428. The molecule has 1 amide bonds. The van der Waals surface area contributed by atoms with Crippen LogP contribution in [0.3, 0.4) is 0 Å². The van der Waals surface area contributed by atoms with Crippen LogP contribution in [0.2, 0.25) is 0 Å². The van der Waals surface area contributed by atoms with Gasteiger partial charge in [0.1, 0.15) is 5.82 Å². The van der Waals surface area contributed by atoms with Crippen LogP contribution in [0.15, 0.2) is 46.6 Å². The molecule has 0 aliphatic rings. The SMILES string of the molecule is C/C=C(C)/C=C(\C=N/CC(F)F)C(=O)NC(C)c1ccnc(NC)c1. The molecule has 25 heavy (non-hydrogen) atoms. The monoisotopic (exact) mass is 350 g/mol. The summed E-state index contributed by atoms with van der Waals surface area (Å²) < 4.78 is 24.5. The van der Waals surface area contributed by atoms with Gasteiger partial charge in [0, 0.05) is 19.5 Å². The van der Waals surface area contributed by atoms with E-state index < -0.39 is 13.0 Å². The molecule has 0 spiro atoms. The highest BCUT2D eigenvalue weighted by atomic mass is 19.3. The lowest BCUT2D eigenvalue weighted by molar-refractivity contribution is -0.117. The van der Waals surface area contributed by atoms with Gasteiger partial charge in [-0.25, -0.2) is 13.8 Å². The molecule has 1 aromatic heterocycles. The molecule has 0 fully saturated rings. The highest BCUT2D eigenvalue weighted by Crippen LogP contribution is 2.15. The van der Waals surface area contributed by atoms with Crippen LogP contribution in [0.1, 0.15) is 32.4 Å². The van der Waals surface area contributed by atoms with Crippen LogP contribution in [-0.2, 0) is 4.79 Å². The van der Waals surface area contributed by atoms with E-state index in [-0.39, 0.29) is 17.5 Å². The van der Waals surface area contributed by atoms with E-state index in [2.05, 4.69) is 20.6 Å². The van der Waals surface area contributed by atoms with Gasteiger partial charge in [0.25, 0.3) is 12.3 Å². The lowest BCUT2D eigenvalue weighted by Crippen LogP contribution is -2.28. The molecule has 1 heterocycles. The highest BCUT2D eigenvalue weighted by Gasteiger charge is 2.13. The van der Waals surface area contributed by atoms with Crippen LogP contribution in [0.25, 0.3) is 0 Å². The molecule has 1 unspecified atom stereocenters. The van der Waals surface area contributed by atoms with Crippen molar-refractivity contribution < 1.29 is 13.6 Å². The zero-order valence-electron chi connectivity index (χ0n) is 14.9. The molecule has 0 saturated heterocycles. The molecule has 0 saturated carbocycles. The van der Waals surface area contributed by atoms with Crippen molar-refractivity contribution in [3.8, 4) is 0 Å². The molecular weight excluding hydrogens is 326 g/mol. The van der Waals surface area contributed by atoms with Crippen LogP contribution < -0.4 is 10.6 Å². The predicted molar refractivity (Wildman–Crippen MR) is 97.2 cm³/mol. The number of amides is 1. The van der Waals surface area contributed by atoms with E-state index >= 15 is 0 Å². The number of anilines is 1. The number of nitrogens with one attached hydrogen (secondary N) is 2. The Morgan fingerprint density at radius 3 is 2.76 bits per heavy atom. The van der Waals surface area contributed by atoms with E-state index in [4.69, 9.17) is 0 Å². The molecule has 5 nitrogen and oxygen atoms in total. The van der Waals surface area contributed by atoms with Crippen LogP contribution in [0.4, 0.5) is 14.6 Å². The second kappa shape index (κ2) is 10.3. The Kier molecular flexibility index (Phi) is 8.46. The molecule has 1 aromatic rings. The molecule has 0 radical (unpaired) electrons. The van der Waals surface area contributed by atoms with E-state index in [1.165, 1.54) is 6.21 Å². The maximum atomic E-state index is 12.5. The number of halogens is 2. The summed E-state index contributed by atoms with van der Waals surface area (Å²) >= 11 is 0. The Hall–Kier alpha value is -2.57. The topological polar surface area (TPSA) is 66.4 Å². The average Bonchev–Trinajstić information content (AvgIpc) is 2.60. The van der Waals surface area contributed by atoms with Crippen LogP contribution >= 0.6 is 0 Å². The summed E-state index contributed by atoms with van der Waals surface area (Å²) in [4.78, 5) is 20.3. The molecule has 0 bridgehead atoms. The number of pyridine rings is 1. The number of aromatic nitrogens is 1. The number of allylic oxidation sites excluding steroid dienone is 3. The number of carbonyl (C=O) groups excluding carboxylic acids is 1. The van der Waals surface area contributed by atoms with Gasteiger partial charge < -0.3 is 10.6 Å². The average molecular weight is 350 g/mol. The number of hydrogen-bond donors (Lipinski definition) is 2. The summed E-state index contributed by atoms with van der Waals surface area (Å²) in [6.07, 6.45) is 3.73. The first-order chi connectivity index (χ1) is 11.9. The maximum Gasteiger partial charge on any atom is 0.257 e. The van der Waals surface area contributed by atoms with Crippen molar-refractivity contribution >= 4 is 17.9 Å². The van der Waals surface area contributed by atoms with Crippen LogP contribution in [0, 0.1) is 0 Å². The van der Waals surface area contributed by atoms with Crippen molar-refractivity contribution in [2.24, 2.45) is 4.99 Å². The summed E-state index contributed by atoms with van der Waals surface area (Å²) in [6, 6.07) is 3.36. The summed E-state index contributed by atoms with van der Waals surface area (Å²) in [7, 11) is 1.76. The number of carbonyl (C=O) groups is 1. The lowest BCUT2D eigenvalue weighted by Gasteiger charge is -2.15. The Morgan fingerprint density at radius 1 is 1.44 bits per heavy atom. The zero-order valence-corrected chi connectivity index (χ0v) is 14.9. The molecular formula is C18H24F2N4O. The van der Waals surface area contributed by atoms with Gasteiger partial charge in [-0.3, -0.25) is 9.79 Å². The van der Waals surface area contributed by atoms with Crippen LogP contribution in [-0.4, -0.2) is 37.1 Å². The molecule has 0 aliphatic carbocycles. The summed E-state index contributed by atoms with van der Waals surface area (Å²) in [6.45, 7) is 4.85. The number of nitrogens with zero attached hydrogens (tertiary/aromatic N) is 2. The minimum absolute atomic E-state index is 0.228. The van der Waals surface area contributed by atoms with Gasteiger partial charge in [0.2, 0.25) is 0 Å². The summed E-state index contributed by atoms with van der Waals surface area (Å²) in [5.74, 6) is 0.312. The Labute approximate surface area is 147 Å². The number of rotatable bonds is 8. The molecule has 2 N–H and O–H groups in total. The van der Waals surface area contributed by atoms with Gasteiger partial charge in [0.05, 0.1) is 18.2 Å². The Balaban J connectivity index is 2.93. The fraction of sp³-hybridized carbons (Fsp3) is 0.389. The van der Waals surface area contributed by atoms with Crippen molar-refractivity contribution in [3.05, 3.63) is 47.2 Å². The Morgan fingerprint density at radius 2 is 2.16 bits per heavy atom. The first-order valence-corrected chi connectivity index (χ1v) is 7.94. The van der Waals surface area contributed by atoms with Gasteiger partial charge in [-0.15, -0.1) is 0 Å². The van der Waals surface area contributed by atoms with E-state index in [1.807, 2.05) is 32.9 Å². The van der Waals surface area contributed by atoms with Gasteiger partial charge >= 0.3 is 0 Å². The van der Waals surface area contributed by atoms with Crippen molar-refractivity contribution in [3.63, 3.8) is 0 Å². The largest absolute Gasteiger partial charge is 0.373 e. The maximum absolute atomic E-state index is 12.5. The molecule has 0 aromatic carbocycles. The van der Waals surface area contributed by atoms with Gasteiger partial charge in [-0.05, 0) is 44.5 Å². The minimum Gasteiger partial charge on any atom is -0.373 e. The van der Waals surface area contributed by atoms with E-state index in [0.29, 0.717) is 5.82 Å². The second-order valence-corrected chi connectivity index (χ2v) is 5.44. The number of aliphatic imine (C=N–C) groups is 1. The number of alkyl halides is 2. The molecule has 136 valence electrons. The highest BCUT2D eigenvalue weighted by molar-refractivity contribution is 6.12. The summed E-state index contributed by atoms with van der Waals surface area (Å²) in [5, 5.41) is 5.78. The fourth-order valence-corrected chi connectivity index (χ4v) is 1.94. The molecule has 1 atom stereocenters. The molecule has 1 rings (SSSR count). The standard InChI is InChI=1S/C18H24F2N4O/c1-5-12(2)8-15(10-22-11-16(19)20)18(25)24-13(3)14-6-7-23-17(9-14)21-4/h5-10,13,16H,11H2,1-4H3,(H,21,23)(H,24,25)/b12-5+,15-8+,22-10-. The zero-order chi connectivity index (χ0) is 18.8. The van der Waals surface area contributed by atoms with Crippen molar-refractivity contribution in [2.45, 2.75) is 33.2 Å². The smallest absolute Gasteiger partial charge is 0.257 e. The van der Waals surface area contributed by atoms with Gasteiger partial charge in [-0.2, -0.15) is 0 Å². The minimum atomic E-state index is -2.54. The number of hydrogen-bond acceptors (Lipinski definition) is 4. The Bertz CT molecular complexity index is 669. The molecule has 0 aliphatic heterocycles. The summed E-state index contributed by atoms with van der Waals surface area (Å²) in [5.41, 5.74) is 1.94. The van der Waals surface area contributed by atoms with Gasteiger partial charge in [0.15, 0.2) is 0 Å². The predicted octanol–water partition coefficient (Wildman–Crippen LogP) is 3.53. The van der Waals surface area contributed by atoms with Crippen LogP contribution in [0.5, 0.6) is 0 Å². The third kappa shape index (κ3) is 7.24. The lowest BCUT2D eigenvalue weighted by atomic mass is 10.1. The first kappa shape index (κ1) is 20.5. The second-order valence-electron chi connectivity index (χ2n) is 5.44. The van der Waals surface area contributed by atoms with E-state index in [1.54, 1.807) is 25.4 Å². The first-order valence-electron chi connectivity index (χ1n) is 7.94. The third-order valence-corrected chi connectivity index (χ3v) is 3.46. The van der Waals surface area contributed by atoms with Crippen molar-refractivity contribution in [2.75, 3.05) is 18.9 Å². The fourth-order valence-electron chi connectivity index (χ4n) is 1.94. The van der Waals surface area contributed by atoms with Crippen molar-refractivity contribution in [1.29, 1.82) is 0 Å². The van der Waals surface area contributed by atoms with Gasteiger partial charge in [-0.1, -0.05) is 11.6 Å². The third-order valence-electron chi connectivity index (χ3n) is 3.46. The van der Waals surface area contributed by atoms with E-state index in [0.717, 1.165) is 11.1 Å².